The fourth-order valence-corrected chi connectivity index (χ4v) is 7.93. The molecule has 8 heteroatoms. The van der Waals surface area contributed by atoms with Crippen LogP contribution in [0.3, 0.4) is 0 Å². The van der Waals surface area contributed by atoms with Crippen LogP contribution in [0.15, 0.2) is 48.1 Å². The number of hydrogen-bond donors (Lipinski definition) is 3. The summed E-state index contributed by atoms with van der Waals surface area (Å²) in [5.41, 5.74) is -4.66. The minimum Gasteiger partial charge on any atom is -0.393 e. The Morgan fingerprint density at radius 3 is 2.67 bits per heavy atom. The lowest BCUT2D eigenvalue weighted by atomic mass is 9.54. The highest BCUT2D eigenvalue weighted by Crippen LogP contribution is 2.72. The number of ether oxygens (including phenoxy) is 4. The van der Waals surface area contributed by atoms with Crippen LogP contribution >= 0.6 is 0 Å². The van der Waals surface area contributed by atoms with Crippen LogP contribution in [0.1, 0.15) is 47.0 Å². The van der Waals surface area contributed by atoms with Crippen molar-refractivity contribution in [1.29, 1.82) is 0 Å². The Hall–Kier alpha value is -1.65. The average molecular weight is 501 g/mol. The van der Waals surface area contributed by atoms with E-state index < -0.39 is 70.9 Å². The van der Waals surface area contributed by atoms with Crippen molar-refractivity contribution in [1.82, 2.24) is 0 Å². The fraction of sp³-hybridized carbons (Fsp3) is 0.679. The van der Waals surface area contributed by atoms with Crippen molar-refractivity contribution in [2.45, 2.75) is 93.6 Å². The van der Waals surface area contributed by atoms with Gasteiger partial charge in [-0.3, -0.25) is 4.79 Å². The topological polar surface area (TPSA) is 118 Å². The van der Waals surface area contributed by atoms with Crippen LogP contribution in [0.4, 0.5) is 0 Å². The molecular weight excluding hydrogens is 464 g/mol. The van der Waals surface area contributed by atoms with Gasteiger partial charge in [-0.25, -0.2) is 0 Å². The number of ketones is 1. The van der Waals surface area contributed by atoms with Gasteiger partial charge in [0.25, 0.3) is 0 Å². The zero-order valence-electron chi connectivity index (χ0n) is 21.3. The molecule has 0 aromatic heterocycles. The zero-order chi connectivity index (χ0) is 25.9. The second kappa shape index (κ2) is 7.47. The Morgan fingerprint density at radius 2 is 2.00 bits per heavy atom. The van der Waals surface area contributed by atoms with Crippen molar-refractivity contribution < 1.29 is 39.1 Å². The summed E-state index contributed by atoms with van der Waals surface area (Å²) < 4.78 is 26.2. The molecule has 0 amide bonds. The number of carbonyl (C=O) groups excluding carboxylic acids is 1. The molecule has 3 bridgehead atoms. The van der Waals surface area contributed by atoms with E-state index in [9.17, 15) is 20.1 Å². The SMILES string of the molecule is C=C(C)[C@]12C[C@@H](C)[C@@]34O[C@](/C=C/C=C/CCC)(O[C@@H]1[C@@H]3[C@@H]1O[C@]1(CO)[C@@H](O)[C@]1(O)C(=O)C(C)=C[C@H]14)O2. The highest BCUT2D eigenvalue weighted by molar-refractivity contribution is 6.05. The predicted octanol–water partition coefficient (Wildman–Crippen LogP) is 2.09. The first-order valence-electron chi connectivity index (χ1n) is 13.0. The minimum atomic E-state index is -2.21. The number of aliphatic hydroxyl groups excluding tert-OH is 2. The van der Waals surface area contributed by atoms with E-state index in [-0.39, 0.29) is 5.92 Å². The number of allylic oxidation sites excluding steroid dienone is 3. The average Bonchev–Trinajstić information content (AvgIpc) is 3.48. The molecule has 6 rings (SSSR count). The monoisotopic (exact) mass is 500 g/mol. The van der Waals surface area contributed by atoms with E-state index >= 15 is 0 Å². The molecule has 3 heterocycles. The first-order valence-corrected chi connectivity index (χ1v) is 13.0. The second-order valence-corrected chi connectivity index (χ2v) is 11.6. The molecule has 3 aliphatic carbocycles. The number of aliphatic hydroxyl groups is 3. The highest BCUT2D eigenvalue weighted by Gasteiger charge is 2.88. The van der Waals surface area contributed by atoms with Gasteiger partial charge in [-0.2, -0.15) is 0 Å². The zero-order valence-corrected chi connectivity index (χ0v) is 21.3. The van der Waals surface area contributed by atoms with Crippen LogP contribution in [0.2, 0.25) is 0 Å². The van der Waals surface area contributed by atoms with Crippen molar-refractivity contribution in [3.05, 3.63) is 48.1 Å². The van der Waals surface area contributed by atoms with Crippen molar-refractivity contribution >= 4 is 5.78 Å². The Balaban J connectivity index is 1.57. The Bertz CT molecular complexity index is 1110. The van der Waals surface area contributed by atoms with Gasteiger partial charge in [-0.15, -0.1) is 0 Å². The number of carbonyl (C=O) groups is 1. The van der Waals surface area contributed by atoms with Crippen LogP contribution in [0, 0.1) is 17.8 Å². The molecule has 0 unspecified atom stereocenters. The first kappa shape index (κ1) is 24.7. The predicted molar refractivity (Wildman–Crippen MR) is 128 cm³/mol. The number of fused-ring (bicyclic) bond motifs is 3. The normalized spacial score (nSPS) is 54.4. The molecule has 5 fully saturated rings. The molecular formula is C28H36O8. The summed E-state index contributed by atoms with van der Waals surface area (Å²) >= 11 is 0. The van der Waals surface area contributed by atoms with Crippen LogP contribution in [0.25, 0.3) is 0 Å². The van der Waals surface area contributed by atoms with Crippen molar-refractivity contribution in [3.63, 3.8) is 0 Å². The van der Waals surface area contributed by atoms with Gasteiger partial charge in [0.05, 0.1) is 12.2 Å². The molecule has 0 radical (unpaired) electrons. The van der Waals surface area contributed by atoms with Crippen molar-refractivity contribution in [2.24, 2.45) is 17.8 Å². The van der Waals surface area contributed by atoms with Gasteiger partial charge in [-0.05, 0) is 43.8 Å². The number of epoxide rings is 1. The number of hydrogen-bond acceptors (Lipinski definition) is 8. The highest BCUT2D eigenvalue weighted by atomic mass is 16.9. The summed E-state index contributed by atoms with van der Waals surface area (Å²) in [6, 6.07) is 0. The molecule has 2 saturated carbocycles. The van der Waals surface area contributed by atoms with Gasteiger partial charge in [0.15, 0.2) is 11.4 Å². The lowest BCUT2D eigenvalue weighted by molar-refractivity contribution is -0.406. The fourth-order valence-electron chi connectivity index (χ4n) is 7.93. The Kier molecular flexibility index (Phi) is 5.12. The Labute approximate surface area is 211 Å². The molecule has 0 spiro atoms. The van der Waals surface area contributed by atoms with Gasteiger partial charge in [0.2, 0.25) is 0 Å². The van der Waals surface area contributed by atoms with E-state index in [0.717, 1.165) is 18.4 Å². The van der Waals surface area contributed by atoms with Crippen molar-refractivity contribution in [2.75, 3.05) is 6.61 Å². The van der Waals surface area contributed by atoms with E-state index in [0.29, 0.717) is 12.0 Å². The van der Waals surface area contributed by atoms with Gasteiger partial charge >= 0.3 is 5.97 Å². The van der Waals surface area contributed by atoms with Crippen LogP contribution in [-0.4, -0.2) is 74.4 Å². The summed E-state index contributed by atoms with van der Waals surface area (Å²) in [6.45, 7) is 11.4. The van der Waals surface area contributed by atoms with Gasteiger partial charge in [0, 0.05) is 17.9 Å². The number of Topliss-reactive ketones (excluding diaryl/α,β-unsaturated/α-hetero) is 1. The third kappa shape index (κ3) is 2.61. The molecule has 11 atom stereocenters. The minimum absolute atomic E-state index is 0.234. The molecule has 6 aliphatic rings. The van der Waals surface area contributed by atoms with Crippen LogP contribution in [-0.2, 0) is 23.7 Å². The Morgan fingerprint density at radius 1 is 1.25 bits per heavy atom. The molecule has 3 saturated heterocycles. The maximum absolute atomic E-state index is 13.4. The molecule has 0 aromatic rings. The van der Waals surface area contributed by atoms with E-state index in [1.54, 1.807) is 19.1 Å². The smallest absolute Gasteiger partial charge is 0.306 e. The second-order valence-electron chi connectivity index (χ2n) is 11.6. The van der Waals surface area contributed by atoms with E-state index in [1.165, 1.54) is 0 Å². The van der Waals surface area contributed by atoms with Gasteiger partial charge in [0.1, 0.15) is 29.5 Å². The van der Waals surface area contributed by atoms with Crippen LogP contribution in [0.5, 0.6) is 0 Å². The molecule has 8 nitrogen and oxygen atoms in total. The standard InChI is InChI=1S/C28H36O8/c1-6-7-8-9-10-11-26-34-21-19-22-25(14-29,33-22)23(31)27(32)18(12-16(4)20(27)30)28(19,36-26)17(5)13-24(21,35-26)15(2)3/h8-12,17-19,21-23,29,31-32H,2,6-7,13-14H2,1,3-5H3/b9-8+,11-10+/t17-,18-,19-,21-,22+,23-,24-,25+,26-,27-,28+/m1/s1. The first-order chi connectivity index (χ1) is 17.0. The third-order valence-corrected chi connectivity index (χ3v) is 9.67. The summed E-state index contributed by atoms with van der Waals surface area (Å²) in [5, 5.41) is 33.9. The van der Waals surface area contributed by atoms with E-state index in [4.69, 9.17) is 18.9 Å². The number of unbranched alkanes of at least 4 members (excludes halogenated alkanes) is 1. The van der Waals surface area contributed by atoms with Gasteiger partial charge in [-0.1, -0.05) is 51.2 Å². The maximum atomic E-state index is 13.4. The maximum Gasteiger partial charge on any atom is 0.306 e. The molecule has 196 valence electrons. The lowest BCUT2D eigenvalue weighted by Crippen LogP contribution is -2.72. The van der Waals surface area contributed by atoms with E-state index in [2.05, 4.69) is 13.5 Å². The van der Waals surface area contributed by atoms with E-state index in [1.807, 2.05) is 32.1 Å². The molecule has 36 heavy (non-hydrogen) atoms. The lowest BCUT2D eigenvalue weighted by Gasteiger charge is -2.59. The summed E-state index contributed by atoms with van der Waals surface area (Å²) in [6.07, 6.45) is 8.78. The largest absolute Gasteiger partial charge is 0.393 e. The molecule has 0 aromatic carbocycles. The van der Waals surface area contributed by atoms with Crippen LogP contribution < -0.4 is 0 Å². The van der Waals surface area contributed by atoms with Crippen molar-refractivity contribution in [3.8, 4) is 0 Å². The summed E-state index contributed by atoms with van der Waals surface area (Å²) in [4.78, 5) is 13.4. The quantitative estimate of drug-likeness (QED) is 0.288. The summed E-state index contributed by atoms with van der Waals surface area (Å²) in [7, 11) is 0. The third-order valence-electron chi connectivity index (χ3n) is 9.67. The molecule has 3 aliphatic heterocycles. The number of rotatable bonds is 6. The summed E-state index contributed by atoms with van der Waals surface area (Å²) in [5.74, 6) is -3.79. The molecule has 3 N–H and O–H groups in total. The van der Waals surface area contributed by atoms with Gasteiger partial charge < -0.3 is 34.3 Å².